The van der Waals surface area contributed by atoms with E-state index < -0.39 is 23.6 Å². The summed E-state index contributed by atoms with van der Waals surface area (Å²) in [6, 6.07) is 21.4. The summed E-state index contributed by atoms with van der Waals surface area (Å²) in [5.74, 6) is -1.52. The molecule has 5 aromatic rings. The molecule has 0 spiro atoms. The molecule has 1 unspecified atom stereocenters. The van der Waals surface area contributed by atoms with E-state index in [4.69, 9.17) is 4.74 Å². The standard InChI is InChI=1S/C32H28F3N5O3S/c33-32(34,35)24-9-4-8-23(16-24)26(10-5-15-43-18-21-6-2-1-3-7-21)29(41)40-31-36-17-27(39-31)22-11-13-25(14-12-22)38-30(42)28-19-44-20-37-28/h1-4,6-9,11-14,16-17,19-20,26H,5,10,15,18H2,(H,38,42)(H2,36,39,40,41). The number of carbonyl (C=O) groups excluding carboxylic acids is 2. The average molecular weight is 620 g/mol. The summed E-state index contributed by atoms with van der Waals surface area (Å²) in [5.41, 5.74) is 4.27. The number of hydrogen-bond acceptors (Lipinski definition) is 6. The van der Waals surface area contributed by atoms with E-state index in [0.29, 0.717) is 36.7 Å². The van der Waals surface area contributed by atoms with Gasteiger partial charge in [-0.1, -0.05) is 60.7 Å². The highest BCUT2D eigenvalue weighted by Crippen LogP contribution is 2.33. The lowest BCUT2D eigenvalue weighted by molar-refractivity contribution is -0.137. The third-order valence-electron chi connectivity index (χ3n) is 6.76. The fourth-order valence-corrected chi connectivity index (χ4v) is 5.05. The molecule has 2 heterocycles. The van der Waals surface area contributed by atoms with Gasteiger partial charge >= 0.3 is 6.18 Å². The number of aromatic amines is 1. The number of ether oxygens (including phenoxy) is 1. The van der Waals surface area contributed by atoms with Gasteiger partial charge in [0.05, 0.1) is 35.5 Å². The third-order valence-corrected chi connectivity index (χ3v) is 7.35. The van der Waals surface area contributed by atoms with Crippen molar-refractivity contribution in [2.75, 3.05) is 17.2 Å². The van der Waals surface area contributed by atoms with Gasteiger partial charge in [-0.3, -0.25) is 14.9 Å². The SMILES string of the molecule is O=C(Nc1ccc(-c2cnc(NC(=O)C(CCCOCc3ccccc3)c3cccc(C(F)(F)F)c3)[nH]2)cc1)c1cscn1. The summed E-state index contributed by atoms with van der Waals surface area (Å²) >= 11 is 1.33. The number of anilines is 2. The molecule has 0 aliphatic heterocycles. The fraction of sp³-hybridized carbons (Fsp3) is 0.188. The second kappa shape index (κ2) is 14.1. The van der Waals surface area contributed by atoms with Crippen molar-refractivity contribution < 1.29 is 27.5 Å². The first-order valence-electron chi connectivity index (χ1n) is 13.7. The van der Waals surface area contributed by atoms with Gasteiger partial charge in [0.1, 0.15) is 5.69 Å². The number of carbonyl (C=O) groups is 2. The van der Waals surface area contributed by atoms with Gasteiger partial charge in [0.2, 0.25) is 11.9 Å². The van der Waals surface area contributed by atoms with Crippen molar-refractivity contribution in [3.8, 4) is 11.3 Å². The minimum atomic E-state index is -4.54. The summed E-state index contributed by atoms with van der Waals surface area (Å²) in [6.45, 7) is 0.734. The van der Waals surface area contributed by atoms with Crippen LogP contribution in [-0.4, -0.2) is 33.4 Å². The monoisotopic (exact) mass is 619 g/mol. The summed E-state index contributed by atoms with van der Waals surface area (Å²) in [4.78, 5) is 36.9. The van der Waals surface area contributed by atoms with E-state index in [1.54, 1.807) is 35.2 Å². The van der Waals surface area contributed by atoms with Crippen molar-refractivity contribution in [3.05, 3.63) is 118 Å². The van der Waals surface area contributed by atoms with Gasteiger partial charge in [-0.2, -0.15) is 13.2 Å². The summed E-state index contributed by atoms with van der Waals surface area (Å²) in [6.07, 6.45) is -2.28. The van der Waals surface area contributed by atoms with Crippen LogP contribution in [0.25, 0.3) is 11.3 Å². The van der Waals surface area contributed by atoms with Gasteiger partial charge in [-0.15, -0.1) is 11.3 Å². The molecule has 8 nitrogen and oxygen atoms in total. The van der Waals surface area contributed by atoms with Gasteiger partial charge in [0.25, 0.3) is 5.91 Å². The highest BCUT2D eigenvalue weighted by atomic mass is 32.1. The molecule has 3 aromatic carbocycles. The molecule has 0 saturated heterocycles. The van der Waals surface area contributed by atoms with Gasteiger partial charge in [-0.05, 0) is 47.7 Å². The molecule has 44 heavy (non-hydrogen) atoms. The zero-order valence-corrected chi connectivity index (χ0v) is 24.1. The number of amides is 2. The van der Waals surface area contributed by atoms with Crippen LogP contribution >= 0.6 is 11.3 Å². The van der Waals surface area contributed by atoms with Crippen molar-refractivity contribution in [1.29, 1.82) is 0 Å². The fourth-order valence-electron chi connectivity index (χ4n) is 4.52. The van der Waals surface area contributed by atoms with Gasteiger partial charge in [-0.25, -0.2) is 9.97 Å². The molecule has 0 aliphatic carbocycles. The lowest BCUT2D eigenvalue weighted by atomic mass is 9.92. The molecule has 0 fully saturated rings. The van der Waals surface area contributed by atoms with Crippen LogP contribution in [0, 0.1) is 0 Å². The Balaban J connectivity index is 1.24. The third kappa shape index (κ3) is 8.17. The highest BCUT2D eigenvalue weighted by Gasteiger charge is 2.32. The van der Waals surface area contributed by atoms with E-state index in [1.807, 2.05) is 30.3 Å². The second-order valence-electron chi connectivity index (χ2n) is 9.90. The molecule has 3 N–H and O–H groups in total. The molecule has 2 aromatic heterocycles. The van der Waals surface area contributed by atoms with Gasteiger partial charge in [0.15, 0.2) is 0 Å². The minimum Gasteiger partial charge on any atom is -0.377 e. The Hall–Kier alpha value is -4.81. The normalized spacial score (nSPS) is 12.1. The van der Waals surface area contributed by atoms with Crippen LogP contribution in [0.15, 0.2) is 96.0 Å². The minimum absolute atomic E-state index is 0.156. The number of hydrogen-bond donors (Lipinski definition) is 3. The number of rotatable bonds is 12. The lowest BCUT2D eigenvalue weighted by Gasteiger charge is -2.18. The zero-order valence-electron chi connectivity index (χ0n) is 23.3. The number of aromatic nitrogens is 3. The Kier molecular flexibility index (Phi) is 9.82. The Morgan fingerprint density at radius 2 is 1.75 bits per heavy atom. The Bertz CT molecular complexity index is 1670. The van der Waals surface area contributed by atoms with Crippen LogP contribution in [-0.2, 0) is 22.3 Å². The Morgan fingerprint density at radius 3 is 2.48 bits per heavy atom. The summed E-state index contributed by atoms with van der Waals surface area (Å²) in [7, 11) is 0. The van der Waals surface area contributed by atoms with Crippen LogP contribution in [0.5, 0.6) is 0 Å². The first kappa shape index (κ1) is 30.6. The maximum atomic E-state index is 13.4. The number of imidazole rings is 1. The molecule has 5 rings (SSSR count). The van der Waals surface area contributed by atoms with Crippen LogP contribution in [0.4, 0.5) is 24.8 Å². The molecule has 2 amide bonds. The second-order valence-corrected chi connectivity index (χ2v) is 10.6. The maximum Gasteiger partial charge on any atom is 0.416 e. The molecule has 0 aliphatic rings. The summed E-state index contributed by atoms with van der Waals surface area (Å²) < 4.78 is 46.1. The quantitative estimate of drug-likeness (QED) is 0.125. The number of H-pyrrole nitrogens is 1. The van der Waals surface area contributed by atoms with Crippen molar-refractivity contribution in [3.63, 3.8) is 0 Å². The number of alkyl halides is 3. The number of thiazole rings is 1. The molecule has 226 valence electrons. The predicted molar refractivity (Wildman–Crippen MR) is 162 cm³/mol. The first-order chi connectivity index (χ1) is 21.3. The topological polar surface area (TPSA) is 109 Å². The molecule has 0 bridgehead atoms. The van der Waals surface area contributed by atoms with Gasteiger partial charge in [0, 0.05) is 17.7 Å². The molecule has 1 atom stereocenters. The van der Waals surface area contributed by atoms with Crippen LogP contribution in [0.2, 0.25) is 0 Å². The van der Waals surface area contributed by atoms with Crippen LogP contribution in [0.1, 0.15) is 45.9 Å². The number of nitrogens with one attached hydrogen (secondary N) is 3. The van der Waals surface area contributed by atoms with Crippen LogP contribution in [0.3, 0.4) is 0 Å². The van der Waals surface area contributed by atoms with Crippen molar-refractivity contribution in [1.82, 2.24) is 15.0 Å². The Morgan fingerprint density at radius 1 is 0.955 bits per heavy atom. The van der Waals surface area contributed by atoms with Crippen molar-refractivity contribution in [2.45, 2.75) is 31.5 Å². The zero-order chi connectivity index (χ0) is 30.9. The van der Waals surface area contributed by atoms with E-state index in [9.17, 15) is 22.8 Å². The van der Waals surface area contributed by atoms with Crippen molar-refractivity contribution >= 4 is 34.8 Å². The van der Waals surface area contributed by atoms with Crippen molar-refractivity contribution in [2.24, 2.45) is 0 Å². The molecule has 0 saturated carbocycles. The largest absolute Gasteiger partial charge is 0.416 e. The maximum absolute atomic E-state index is 13.4. The van der Waals surface area contributed by atoms with E-state index >= 15 is 0 Å². The average Bonchev–Trinajstić information content (AvgIpc) is 3.73. The smallest absolute Gasteiger partial charge is 0.377 e. The van der Waals surface area contributed by atoms with E-state index in [2.05, 4.69) is 25.6 Å². The Labute approximate surface area is 255 Å². The first-order valence-corrected chi connectivity index (χ1v) is 14.7. The summed E-state index contributed by atoms with van der Waals surface area (Å²) in [5, 5.41) is 7.14. The lowest BCUT2D eigenvalue weighted by Crippen LogP contribution is -2.23. The van der Waals surface area contributed by atoms with E-state index in [-0.39, 0.29) is 23.8 Å². The number of benzene rings is 3. The highest BCUT2D eigenvalue weighted by molar-refractivity contribution is 7.07. The van der Waals surface area contributed by atoms with Gasteiger partial charge < -0.3 is 15.0 Å². The number of halogens is 3. The molecular formula is C32H28F3N5O3S. The molecular weight excluding hydrogens is 591 g/mol. The number of nitrogens with zero attached hydrogens (tertiary/aromatic N) is 2. The molecule has 0 radical (unpaired) electrons. The van der Waals surface area contributed by atoms with E-state index in [1.165, 1.54) is 29.7 Å². The molecule has 12 heteroatoms. The van der Waals surface area contributed by atoms with E-state index in [0.717, 1.165) is 23.3 Å². The van der Waals surface area contributed by atoms with Crippen LogP contribution < -0.4 is 10.6 Å². The predicted octanol–water partition coefficient (Wildman–Crippen LogP) is 7.52.